The molecule has 0 aliphatic carbocycles. The van der Waals surface area contributed by atoms with Gasteiger partial charge in [-0.1, -0.05) is 23.4 Å². The lowest BCUT2D eigenvalue weighted by atomic mass is 10.3. The molecule has 6 heteroatoms. The van der Waals surface area contributed by atoms with Crippen molar-refractivity contribution in [2.75, 3.05) is 0 Å². The second-order valence-electron chi connectivity index (χ2n) is 4.69. The van der Waals surface area contributed by atoms with Crippen LogP contribution in [0.5, 0.6) is 0 Å². The van der Waals surface area contributed by atoms with Crippen molar-refractivity contribution in [3.05, 3.63) is 60.2 Å². The molecule has 0 radical (unpaired) electrons. The van der Waals surface area contributed by atoms with Crippen LogP contribution in [0.1, 0.15) is 11.5 Å². The van der Waals surface area contributed by atoms with E-state index < -0.39 is 0 Å². The molecule has 3 N–H and O–H groups in total. The molecule has 2 aromatic heterocycles. The quantitative estimate of drug-likeness (QED) is 0.330. The van der Waals surface area contributed by atoms with Gasteiger partial charge in [0.25, 0.3) is 0 Å². The minimum atomic E-state index is 0.132. The van der Waals surface area contributed by atoms with Crippen LogP contribution >= 0.6 is 0 Å². The van der Waals surface area contributed by atoms with Crippen LogP contribution < -0.4 is 5.73 Å². The van der Waals surface area contributed by atoms with Crippen LogP contribution in [-0.4, -0.2) is 25.6 Å². The molecule has 1 aromatic carbocycles. The van der Waals surface area contributed by atoms with Crippen LogP contribution in [0.15, 0.2) is 53.8 Å². The highest BCUT2D eigenvalue weighted by atomic mass is 16.4. The van der Waals surface area contributed by atoms with Gasteiger partial charge >= 0.3 is 0 Å². The van der Waals surface area contributed by atoms with Gasteiger partial charge in [0.05, 0.1) is 29.7 Å². The van der Waals surface area contributed by atoms with Crippen molar-refractivity contribution < 1.29 is 5.21 Å². The molecule has 21 heavy (non-hydrogen) atoms. The molecule has 0 bridgehead atoms. The van der Waals surface area contributed by atoms with Gasteiger partial charge in [0, 0.05) is 6.20 Å². The van der Waals surface area contributed by atoms with E-state index in [1.165, 1.54) is 0 Å². The van der Waals surface area contributed by atoms with Crippen LogP contribution in [-0.2, 0) is 13.0 Å². The Morgan fingerprint density at radius 3 is 2.76 bits per heavy atom. The lowest BCUT2D eigenvalue weighted by Gasteiger charge is -2.08. The number of para-hydroxylation sites is 2. The fraction of sp³-hybridized carbons (Fsp3) is 0.133. The first-order valence-corrected chi connectivity index (χ1v) is 6.58. The molecule has 0 aliphatic heterocycles. The SMILES string of the molecule is NC(Cc1nc2ccccc2n1Cc1ccccn1)=NO. The molecule has 0 aliphatic rings. The van der Waals surface area contributed by atoms with Crippen molar-refractivity contribution in [3.8, 4) is 0 Å². The van der Waals surface area contributed by atoms with Crippen molar-refractivity contribution in [3.63, 3.8) is 0 Å². The van der Waals surface area contributed by atoms with E-state index >= 15 is 0 Å². The molecule has 2 heterocycles. The third kappa shape index (κ3) is 2.69. The van der Waals surface area contributed by atoms with Crippen LogP contribution in [0, 0.1) is 0 Å². The Balaban J connectivity index is 2.07. The summed E-state index contributed by atoms with van der Waals surface area (Å²) in [7, 11) is 0. The first kappa shape index (κ1) is 13.1. The number of nitrogens with zero attached hydrogens (tertiary/aromatic N) is 4. The van der Waals surface area contributed by atoms with Crippen LogP contribution in [0.3, 0.4) is 0 Å². The summed E-state index contributed by atoms with van der Waals surface area (Å²) in [5.74, 6) is 0.879. The van der Waals surface area contributed by atoms with Gasteiger partial charge in [0.1, 0.15) is 11.7 Å². The van der Waals surface area contributed by atoms with E-state index in [1.54, 1.807) is 6.20 Å². The van der Waals surface area contributed by atoms with Crippen molar-refractivity contribution in [1.29, 1.82) is 0 Å². The number of hydrogen-bond acceptors (Lipinski definition) is 4. The molecule has 0 amide bonds. The highest BCUT2D eigenvalue weighted by Crippen LogP contribution is 2.17. The maximum absolute atomic E-state index is 8.77. The monoisotopic (exact) mass is 281 g/mol. The Morgan fingerprint density at radius 1 is 1.19 bits per heavy atom. The van der Waals surface area contributed by atoms with Gasteiger partial charge in [-0.05, 0) is 24.3 Å². The summed E-state index contributed by atoms with van der Waals surface area (Å²) < 4.78 is 2.04. The maximum Gasteiger partial charge on any atom is 0.146 e. The fourth-order valence-electron chi connectivity index (χ4n) is 2.29. The predicted molar refractivity (Wildman–Crippen MR) is 80.2 cm³/mol. The zero-order chi connectivity index (χ0) is 14.7. The summed E-state index contributed by atoms with van der Waals surface area (Å²) in [6.07, 6.45) is 2.05. The Morgan fingerprint density at radius 2 is 2.00 bits per heavy atom. The molecule has 0 saturated heterocycles. The van der Waals surface area contributed by atoms with E-state index in [0.717, 1.165) is 22.6 Å². The Hall–Kier alpha value is -2.89. The van der Waals surface area contributed by atoms with E-state index in [0.29, 0.717) is 6.54 Å². The van der Waals surface area contributed by atoms with Gasteiger partial charge in [0.15, 0.2) is 0 Å². The predicted octanol–water partition coefficient (Wildman–Crippen LogP) is 1.77. The maximum atomic E-state index is 8.77. The summed E-state index contributed by atoms with van der Waals surface area (Å²) in [4.78, 5) is 8.90. The molecular weight excluding hydrogens is 266 g/mol. The minimum Gasteiger partial charge on any atom is -0.409 e. The number of rotatable bonds is 4. The summed E-state index contributed by atoms with van der Waals surface area (Å²) in [6.45, 7) is 0.593. The standard InChI is InChI=1S/C15H15N5O/c16-14(19-21)9-15-18-12-6-1-2-7-13(12)20(15)10-11-5-3-4-8-17-11/h1-8,21H,9-10H2,(H2,16,19). The smallest absolute Gasteiger partial charge is 0.146 e. The number of nitrogens with two attached hydrogens (primary N) is 1. The Kier molecular flexibility index (Phi) is 3.51. The highest BCUT2D eigenvalue weighted by molar-refractivity contribution is 5.83. The number of fused-ring (bicyclic) bond motifs is 1. The van der Waals surface area contributed by atoms with Gasteiger partial charge < -0.3 is 15.5 Å². The average Bonchev–Trinajstić information content (AvgIpc) is 2.86. The number of amidine groups is 1. The van der Waals surface area contributed by atoms with Crippen LogP contribution in [0.2, 0.25) is 0 Å². The van der Waals surface area contributed by atoms with E-state index in [-0.39, 0.29) is 12.3 Å². The van der Waals surface area contributed by atoms with Crippen molar-refractivity contribution in [2.24, 2.45) is 10.9 Å². The summed E-state index contributed by atoms with van der Waals surface area (Å²) in [5.41, 5.74) is 8.44. The highest BCUT2D eigenvalue weighted by Gasteiger charge is 2.12. The van der Waals surface area contributed by atoms with E-state index in [1.807, 2.05) is 47.0 Å². The first-order chi connectivity index (χ1) is 10.3. The molecular formula is C15H15N5O. The number of benzene rings is 1. The molecule has 0 unspecified atom stereocenters. The van der Waals surface area contributed by atoms with Crippen LogP contribution in [0.25, 0.3) is 11.0 Å². The van der Waals surface area contributed by atoms with Crippen molar-refractivity contribution >= 4 is 16.9 Å². The number of imidazole rings is 1. The van der Waals surface area contributed by atoms with Gasteiger partial charge in [-0.25, -0.2) is 4.98 Å². The Bertz CT molecular complexity index is 779. The second kappa shape index (κ2) is 5.62. The molecule has 3 aromatic rings. The van der Waals surface area contributed by atoms with E-state index in [2.05, 4.69) is 15.1 Å². The van der Waals surface area contributed by atoms with Gasteiger partial charge in [-0.3, -0.25) is 4.98 Å². The summed E-state index contributed by atoms with van der Waals surface area (Å²) >= 11 is 0. The van der Waals surface area contributed by atoms with Crippen molar-refractivity contribution in [1.82, 2.24) is 14.5 Å². The Labute approximate surface area is 121 Å². The molecule has 0 saturated carbocycles. The third-order valence-corrected chi connectivity index (χ3v) is 3.25. The summed E-state index contributed by atoms with van der Waals surface area (Å²) in [5, 5.41) is 11.8. The van der Waals surface area contributed by atoms with Gasteiger partial charge in [-0.2, -0.15) is 0 Å². The van der Waals surface area contributed by atoms with Crippen molar-refractivity contribution in [2.45, 2.75) is 13.0 Å². The zero-order valence-corrected chi connectivity index (χ0v) is 11.3. The first-order valence-electron chi connectivity index (χ1n) is 6.58. The van der Waals surface area contributed by atoms with Crippen LogP contribution in [0.4, 0.5) is 0 Å². The summed E-state index contributed by atoms with van der Waals surface area (Å²) in [6, 6.07) is 13.6. The second-order valence-corrected chi connectivity index (χ2v) is 4.69. The number of aromatic nitrogens is 3. The lowest BCUT2D eigenvalue weighted by molar-refractivity contribution is 0.317. The number of oxime groups is 1. The van der Waals surface area contributed by atoms with E-state index in [9.17, 15) is 0 Å². The fourth-order valence-corrected chi connectivity index (χ4v) is 2.29. The molecule has 3 rings (SSSR count). The van der Waals surface area contributed by atoms with E-state index in [4.69, 9.17) is 10.9 Å². The lowest BCUT2D eigenvalue weighted by Crippen LogP contribution is -2.18. The average molecular weight is 281 g/mol. The molecule has 0 spiro atoms. The van der Waals surface area contributed by atoms with Gasteiger partial charge in [-0.15, -0.1) is 0 Å². The third-order valence-electron chi connectivity index (χ3n) is 3.25. The number of hydrogen-bond donors (Lipinski definition) is 2. The number of pyridine rings is 1. The van der Waals surface area contributed by atoms with Gasteiger partial charge in [0.2, 0.25) is 0 Å². The zero-order valence-electron chi connectivity index (χ0n) is 11.3. The topological polar surface area (TPSA) is 89.3 Å². The molecule has 0 fully saturated rings. The minimum absolute atomic E-state index is 0.132. The molecule has 6 nitrogen and oxygen atoms in total. The normalized spacial score (nSPS) is 11.9. The largest absolute Gasteiger partial charge is 0.409 e. The molecule has 0 atom stereocenters. The molecule has 106 valence electrons.